The lowest BCUT2D eigenvalue weighted by atomic mass is 10.1. The lowest BCUT2D eigenvalue weighted by molar-refractivity contribution is 0.280. The van der Waals surface area contributed by atoms with Crippen LogP contribution in [0.25, 0.3) is 0 Å². The molecule has 1 aromatic heterocycles. The van der Waals surface area contributed by atoms with Crippen molar-refractivity contribution < 1.29 is 9.15 Å². The maximum Gasteiger partial charge on any atom is 0.123 e. The average molecular weight is 260 g/mol. The normalized spacial score (nSPS) is 10.9. The highest BCUT2D eigenvalue weighted by Gasteiger charge is 2.09. The first kappa shape index (κ1) is 13.5. The van der Waals surface area contributed by atoms with Crippen LogP contribution in [0.2, 0.25) is 0 Å². The molecule has 0 saturated carbocycles. The van der Waals surface area contributed by atoms with Crippen molar-refractivity contribution >= 4 is 5.69 Å². The van der Waals surface area contributed by atoms with Crippen molar-refractivity contribution in [1.29, 1.82) is 0 Å². The smallest absolute Gasteiger partial charge is 0.123 e. The molecule has 0 aliphatic carbocycles. The highest BCUT2D eigenvalue weighted by molar-refractivity contribution is 5.47. The number of rotatable bonds is 5. The minimum Gasteiger partial charge on any atom is -0.496 e. The molecular weight excluding hydrogens is 240 g/mol. The predicted molar refractivity (Wildman–Crippen MR) is 76.0 cm³/mol. The zero-order valence-electron chi connectivity index (χ0n) is 11.6. The van der Waals surface area contributed by atoms with E-state index in [2.05, 4.69) is 4.90 Å². The zero-order valence-corrected chi connectivity index (χ0v) is 11.6. The summed E-state index contributed by atoms with van der Waals surface area (Å²) in [6.45, 7) is 3.46. The van der Waals surface area contributed by atoms with Gasteiger partial charge < -0.3 is 14.9 Å². The van der Waals surface area contributed by atoms with E-state index in [9.17, 15) is 0 Å². The molecule has 4 nitrogen and oxygen atoms in total. The zero-order chi connectivity index (χ0) is 13.8. The third kappa shape index (κ3) is 3.51. The topological polar surface area (TPSA) is 51.6 Å². The Balaban J connectivity index is 2.05. The van der Waals surface area contributed by atoms with Gasteiger partial charge in [-0.1, -0.05) is 0 Å². The number of nitrogens with two attached hydrogens (primary N) is 1. The number of furan rings is 1. The Morgan fingerprint density at radius 3 is 2.63 bits per heavy atom. The van der Waals surface area contributed by atoms with Gasteiger partial charge in [-0.05, 0) is 44.3 Å². The van der Waals surface area contributed by atoms with E-state index in [1.54, 1.807) is 7.11 Å². The molecule has 0 bridgehead atoms. The number of benzene rings is 1. The van der Waals surface area contributed by atoms with Crippen LogP contribution in [0, 0.1) is 6.92 Å². The van der Waals surface area contributed by atoms with E-state index in [0.717, 1.165) is 41.6 Å². The summed E-state index contributed by atoms with van der Waals surface area (Å²) < 4.78 is 10.9. The number of anilines is 1. The number of nitrogen functional groups attached to an aromatic ring is 1. The van der Waals surface area contributed by atoms with Gasteiger partial charge in [0.1, 0.15) is 17.3 Å². The summed E-state index contributed by atoms with van der Waals surface area (Å²) in [6, 6.07) is 9.67. The number of methoxy groups -OCH3 is 1. The van der Waals surface area contributed by atoms with Crippen molar-refractivity contribution in [2.45, 2.75) is 20.0 Å². The molecule has 0 radical (unpaired) electrons. The second kappa shape index (κ2) is 5.80. The van der Waals surface area contributed by atoms with Gasteiger partial charge in [0.15, 0.2) is 0 Å². The van der Waals surface area contributed by atoms with E-state index >= 15 is 0 Å². The summed E-state index contributed by atoms with van der Waals surface area (Å²) >= 11 is 0. The van der Waals surface area contributed by atoms with Crippen LogP contribution in [0.15, 0.2) is 34.7 Å². The average Bonchev–Trinajstić information content (AvgIpc) is 2.75. The van der Waals surface area contributed by atoms with Crippen molar-refractivity contribution in [3.8, 4) is 5.75 Å². The minimum atomic E-state index is 0.748. The van der Waals surface area contributed by atoms with Crippen LogP contribution >= 0.6 is 0 Å². The maximum atomic E-state index is 5.82. The van der Waals surface area contributed by atoms with Crippen molar-refractivity contribution in [2.24, 2.45) is 0 Å². The molecule has 0 aliphatic rings. The lowest BCUT2D eigenvalue weighted by Crippen LogP contribution is -2.17. The molecule has 0 aliphatic heterocycles. The van der Waals surface area contributed by atoms with Gasteiger partial charge in [-0.15, -0.1) is 0 Å². The first-order valence-corrected chi connectivity index (χ1v) is 6.24. The van der Waals surface area contributed by atoms with Gasteiger partial charge >= 0.3 is 0 Å². The fourth-order valence-electron chi connectivity index (χ4n) is 2.10. The number of ether oxygens (including phenoxy) is 1. The third-order valence-electron chi connectivity index (χ3n) is 2.97. The largest absolute Gasteiger partial charge is 0.496 e. The Labute approximate surface area is 113 Å². The molecule has 1 aromatic carbocycles. The molecule has 4 heteroatoms. The van der Waals surface area contributed by atoms with Gasteiger partial charge in [0, 0.05) is 17.8 Å². The molecular formula is C15H20N2O2. The molecule has 0 fully saturated rings. The first-order valence-electron chi connectivity index (χ1n) is 6.24. The van der Waals surface area contributed by atoms with Crippen LogP contribution in [-0.4, -0.2) is 19.1 Å². The van der Waals surface area contributed by atoms with Crippen LogP contribution in [0.4, 0.5) is 5.69 Å². The van der Waals surface area contributed by atoms with Crippen molar-refractivity contribution in [3.63, 3.8) is 0 Å². The van der Waals surface area contributed by atoms with Gasteiger partial charge in [0.2, 0.25) is 0 Å². The Hall–Kier alpha value is -1.94. The summed E-state index contributed by atoms with van der Waals surface area (Å²) in [5.74, 6) is 2.75. The summed E-state index contributed by atoms with van der Waals surface area (Å²) in [5, 5.41) is 0. The van der Waals surface area contributed by atoms with E-state index in [1.807, 2.05) is 44.3 Å². The number of aryl methyl sites for hydroxylation is 1. The number of hydrogen-bond acceptors (Lipinski definition) is 4. The van der Waals surface area contributed by atoms with Gasteiger partial charge in [0.25, 0.3) is 0 Å². The fourth-order valence-corrected chi connectivity index (χ4v) is 2.10. The molecule has 19 heavy (non-hydrogen) atoms. The second-order valence-corrected chi connectivity index (χ2v) is 4.76. The quantitative estimate of drug-likeness (QED) is 0.840. The lowest BCUT2D eigenvalue weighted by Gasteiger charge is -2.17. The third-order valence-corrected chi connectivity index (χ3v) is 2.97. The Bertz CT molecular complexity index is 549. The van der Waals surface area contributed by atoms with Gasteiger partial charge in [-0.25, -0.2) is 0 Å². The van der Waals surface area contributed by atoms with Crippen LogP contribution in [0.3, 0.4) is 0 Å². The molecule has 0 atom stereocenters. The van der Waals surface area contributed by atoms with Crippen LogP contribution in [0.5, 0.6) is 5.75 Å². The van der Waals surface area contributed by atoms with E-state index in [1.165, 1.54) is 0 Å². The molecule has 0 unspecified atom stereocenters. The van der Waals surface area contributed by atoms with Gasteiger partial charge in [-0.2, -0.15) is 0 Å². The molecule has 0 spiro atoms. The van der Waals surface area contributed by atoms with E-state index in [4.69, 9.17) is 14.9 Å². The Morgan fingerprint density at radius 2 is 2.00 bits per heavy atom. The van der Waals surface area contributed by atoms with Gasteiger partial charge in [-0.3, -0.25) is 4.90 Å². The summed E-state index contributed by atoms with van der Waals surface area (Å²) in [4.78, 5) is 2.16. The fraction of sp³-hybridized carbons (Fsp3) is 0.333. The molecule has 2 rings (SSSR count). The summed E-state index contributed by atoms with van der Waals surface area (Å²) in [5.41, 5.74) is 7.65. The van der Waals surface area contributed by atoms with Crippen LogP contribution in [0.1, 0.15) is 17.1 Å². The number of nitrogens with zero attached hydrogens (tertiary/aromatic N) is 1. The SMILES string of the molecule is COc1ccc(N)cc1CN(C)Cc1ccc(C)o1. The van der Waals surface area contributed by atoms with E-state index in [-0.39, 0.29) is 0 Å². The molecule has 1 heterocycles. The van der Waals surface area contributed by atoms with Crippen molar-refractivity contribution in [3.05, 3.63) is 47.4 Å². The molecule has 2 N–H and O–H groups in total. The van der Waals surface area contributed by atoms with Crippen molar-refractivity contribution in [2.75, 3.05) is 19.9 Å². The van der Waals surface area contributed by atoms with E-state index < -0.39 is 0 Å². The van der Waals surface area contributed by atoms with Gasteiger partial charge in [0.05, 0.1) is 13.7 Å². The number of hydrogen-bond donors (Lipinski definition) is 1. The minimum absolute atomic E-state index is 0.748. The Morgan fingerprint density at radius 1 is 1.21 bits per heavy atom. The predicted octanol–water partition coefficient (Wildman–Crippen LogP) is 2.81. The standard InChI is InChI=1S/C15H20N2O2/c1-11-4-6-14(19-11)10-17(2)9-12-8-13(16)5-7-15(12)18-3/h4-8H,9-10,16H2,1-3H3. The second-order valence-electron chi connectivity index (χ2n) is 4.76. The highest BCUT2D eigenvalue weighted by Crippen LogP contribution is 2.23. The summed E-state index contributed by atoms with van der Waals surface area (Å²) in [7, 11) is 3.71. The molecule has 102 valence electrons. The highest BCUT2D eigenvalue weighted by atomic mass is 16.5. The monoisotopic (exact) mass is 260 g/mol. The van der Waals surface area contributed by atoms with Crippen molar-refractivity contribution in [1.82, 2.24) is 4.90 Å². The molecule has 2 aromatic rings. The molecule has 0 saturated heterocycles. The maximum absolute atomic E-state index is 5.82. The molecule has 0 amide bonds. The Kier molecular flexibility index (Phi) is 4.12. The van der Waals surface area contributed by atoms with Crippen LogP contribution < -0.4 is 10.5 Å². The summed E-state index contributed by atoms with van der Waals surface area (Å²) in [6.07, 6.45) is 0. The van der Waals surface area contributed by atoms with Crippen LogP contribution in [-0.2, 0) is 13.1 Å². The first-order chi connectivity index (χ1) is 9.08. The van der Waals surface area contributed by atoms with E-state index in [0.29, 0.717) is 0 Å².